The Balaban J connectivity index is 1.11. The fourth-order valence-electron chi connectivity index (χ4n) is 4.18. The summed E-state index contributed by atoms with van der Waals surface area (Å²) in [5, 5.41) is 0. The number of aryl methyl sites for hydroxylation is 1. The molecule has 0 spiro atoms. The summed E-state index contributed by atoms with van der Waals surface area (Å²) in [6.07, 6.45) is 8.91. The maximum absolute atomic E-state index is 11.8. The molecule has 1 heterocycles. The van der Waals surface area contributed by atoms with Crippen LogP contribution in [-0.4, -0.2) is 58.8 Å². The molecule has 1 fully saturated rings. The van der Waals surface area contributed by atoms with Crippen molar-refractivity contribution in [2.45, 2.75) is 58.3 Å². The maximum Gasteiger partial charge on any atom is 0.344 e. The van der Waals surface area contributed by atoms with Crippen molar-refractivity contribution in [3.05, 3.63) is 54.1 Å². The van der Waals surface area contributed by atoms with Crippen molar-refractivity contribution in [3.63, 3.8) is 0 Å². The van der Waals surface area contributed by atoms with E-state index in [4.69, 9.17) is 14.2 Å². The van der Waals surface area contributed by atoms with E-state index in [9.17, 15) is 13.2 Å². The highest BCUT2D eigenvalue weighted by Crippen LogP contribution is 2.21. The number of rotatable bonds is 16. The summed E-state index contributed by atoms with van der Waals surface area (Å²) in [4.78, 5) is 13.9. The van der Waals surface area contributed by atoms with Gasteiger partial charge in [-0.2, -0.15) is 0 Å². The molecule has 0 aromatic heterocycles. The number of nitrogens with zero attached hydrogens (tertiary/aromatic N) is 1. The van der Waals surface area contributed by atoms with Gasteiger partial charge >= 0.3 is 5.97 Å². The van der Waals surface area contributed by atoms with Gasteiger partial charge in [0.2, 0.25) is 0 Å². The van der Waals surface area contributed by atoms with Crippen molar-refractivity contribution in [1.82, 2.24) is 0 Å². The fourth-order valence-corrected chi connectivity index (χ4v) is 5.38. The summed E-state index contributed by atoms with van der Waals surface area (Å²) in [5.41, 5.74) is 2.20. The lowest BCUT2D eigenvalue weighted by molar-refractivity contribution is -0.146. The second-order valence-electron chi connectivity index (χ2n) is 9.63. The van der Waals surface area contributed by atoms with Crippen molar-refractivity contribution < 1.29 is 27.4 Å². The largest absolute Gasteiger partial charge is 0.494 e. The number of hydrogen-bond donors (Lipinski definition) is 0. The van der Waals surface area contributed by atoms with Gasteiger partial charge in [-0.1, -0.05) is 56.2 Å². The van der Waals surface area contributed by atoms with Crippen LogP contribution in [0.4, 0.5) is 5.69 Å². The Morgan fingerprint density at radius 2 is 1.24 bits per heavy atom. The first-order valence-electron chi connectivity index (χ1n) is 13.4. The van der Waals surface area contributed by atoms with E-state index < -0.39 is 9.84 Å². The molecule has 0 aliphatic carbocycles. The molecule has 37 heavy (non-hydrogen) atoms. The number of ether oxygens (including phenoxy) is 3. The summed E-state index contributed by atoms with van der Waals surface area (Å²) in [5.74, 6) is 1.67. The minimum atomic E-state index is -2.86. The van der Waals surface area contributed by atoms with Crippen LogP contribution >= 0.6 is 0 Å². The first-order chi connectivity index (χ1) is 17.9. The van der Waals surface area contributed by atoms with Gasteiger partial charge in [0, 0.05) is 18.8 Å². The number of anilines is 1. The summed E-state index contributed by atoms with van der Waals surface area (Å²) in [6, 6.07) is 15.5. The number of esters is 1. The van der Waals surface area contributed by atoms with Gasteiger partial charge in [0.25, 0.3) is 0 Å². The summed E-state index contributed by atoms with van der Waals surface area (Å²) in [7, 11) is -2.86. The van der Waals surface area contributed by atoms with E-state index in [1.54, 1.807) is 0 Å². The smallest absolute Gasteiger partial charge is 0.344 e. The predicted molar refractivity (Wildman–Crippen MR) is 147 cm³/mol. The molecule has 1 aliphatic rings. The lowest BCUT2D eigenvalue weighted by atomic mass is 10.1. The van der Waals surface area contributed by atoms with E-state index in [-0.39, 0.29) is 24.1 Å². The van der Waals surface area contributed by atoms with Crippen LogP contribution < -0.4 is 14.4 Å². The molecular formula is C29H41NO6S. The van der Waals surface area contributed by atoms with Gasteiger partial charge in [-0.3, -0.25) is 0 Å². The molecule has 0 radical (unpaired) electrons. The van der Waals surface area contributed by atoms with Crippen LogP contribution in [0.15, 0.2) is 48.5 Å². The third kappa shape index (κ3) is 11.5. The van der Waals surface area contributed by atoms with Crippen LogP contribution in [0.3, 0.4) is 0 Å². The van der Waals surface area contributed by atoms with E-state index in [0.29, 0.717) is 32.1 Å². The Morgan fingerprint density at radius 3 is 1.86 bits per heavy atom. The molecule has 0 unspecified atom stereocenters. The quantitative estimate of drug-likeness (QED) is 0.213. The second kappa shape index (κ2) is 15.5. The Morgan fingerprint density at radius 1 is 0.730 bits per heavy atom. The van der Waals surface area contributed by atoms with E-state index >= 15 is 0 Å². The molecule has 204 valence electrons. The van der Waals surface area contributed by atoms with Crippen molar-refractivity contribution in [3.8, 4) is 11.5 Å². The molecule has 8 heteroatoms. The van der Waals surface area contributed by atoms with Crippen LogP contribution in [0, 0.1) is 6.92 Å². The van der Waals surface area contributed by atoms with Crippen LogP contribution in [0.5, 0.6) is 11.5 Å². The predicted octanol–water partition coefficient (Wildman–Crippen LogP) is 5.35. The lowest BCUT2D eigenvalue weighted by Gasteiger charge is -2.28. The highest BCUT2D eigenvalue weighted by Gasteiger charge is 2.21. The van der Waals surface area contributed by atoms with Crippen molar-refractivity contribution in [2.75, 3.05) is 49.3 Å². The van der Waals surface area contributed by atoms with Crippen molar-refractivity contribution in [1.29, 1.82) is 0 Å². The fraction of sp³-hybridized carbons (Fsp3) is 0.552. The molecule has 0 bridgehead atoms. The molecule has 1 aliphatic heterocycles. The van der Waals surface area contributed by atoms with E-state index in [1.165, 1.54) is 19.3 Å². The average molecular weight is 532 g/mol. The number of benzene rings is 2. The van der Waals surface area contributed by atoms with Crippen LogP contribution in [0.1, 0.15) is 56.9 Å². The zero-order valence-electron chi connectivity index (χ0n) is 22.0. The molecule has 1 saturated heterocycles. The van der Waals surface area contributed by atoms with E-state index in [1.807, 2.05) is 55.5 Å². The molecule has 2 aromatic carbocycles. The molecule has 0 amide bonds. The van der Waals surface area contributed by atoms with Gasteiger partial charge in [0.05, 0.1) is 24.7 Å². The Bertz CT molecular complexity index is 1020. The van der Waals surface area contributed by atoms with Gasteiger partial charge in [-0.05, 0) is 56.2 Å². The van der Waals surface area contributed by atoms with Crippen molar-refractivity contribution in [2.24, 2.45) is 0 Å². The normalized spacial score (nSPS) is 14.8. The number of sulfone groups is 1. The summed E-state index contributed by atoms with van der Waals surface area (Å²) >= 11 is 0. The maximum atomic E-state index is 11.8. The molecule has 0 saturated carbocycles. The highest BCUT2D eigenvalue weighted by molar-refractivity contribution is 7.91. The number of carbonyl (C=O) groups is 1. The molecule has 7 nitrogen and oxygen atoms in total. The Hall–Kier alpha value is -2.74. The third-order valence-electron chi connectivity index (χ3n) is 6.49. The van der Waals surface area contributed by atoms with Crippen LogP contribution in [0.2, 0.25) is 0 Å². The number of unbranched alkanes of at least 4 members (excludes halogenated alkanes) is 7. The average Bonchev–Trinajstić information content (AvgIpc) is 2.89. The zero-order chi connectivity index (χ0) is 26.3. The van der Waals surface area contributed by atoms with Gasteiger partial charge in [0.15, 0.2) is 16.4 Å². The first-order valence-corrected chi connectivity index (χ1v) is 15.3. The highest BCUT2D eigenvalue weighted by atomic mass is 32.2. The lowest BCUT2D eigenvalue weighted by Crippen LogP contribution is -2.40. The van der Waals surface area contributed by atoms with Gasteiger partial charge in [0.1, 0.15) is 11.5 Å². The standard InChI is InChI=1S/C29H41NO6S/c1-25-10-14-28(15-11-25)36-24-29(31)35-21-9-7-5-3-2-4-6-8-20-34-27-16-12-26(13-17-27)30-18-22-37(32,33)23-19-30/h10-17H,2-9,18-24H2,1H3. The second-order valence-corrected chi connectivity index (χ2v) is 11.9. The minimum Gasteiger partial charge on any atom is -0.494 e. The number of carbonyl (C=O) groups excluding carboxylic acids is 1. The van der Waals surface area contributed by atoms with Gasteiger partial charge < -0.3 is 19.1 Å². The van der Waals surface area contributed by atoms with Crippen LogP contribution in [-0.2, 0) is 19.4 Å². The zero-order valence-corrected chi connectivity index (χ0v) is 22.8. The Labute approximate surface area is 222 Å². The molecule has 3 rings (SSSR count). The topological polar surface area (TPSA) is 82.1 Å². The van der Waals surface area contributed by atoms with Crippen molar-refractivity contribution >= 4 is 21.5 Å². The minimum absolute atomic E-state index is 0.0507. The monoisotopic (exact) mass is 531 g/mol. The first kappa shape index (κ1) is 28.8. The summed E-state index contributed by atoms with van der Waals surface area (Å²) in [6.45, 7) is 4.23. The molecule has 0 atom stereocenters. The Kier molecular flexibility index (Phi) is 12.1. The molecule has 0 N–H and O–H groups in total. The van der Waals surface area contributed by atoms with Gasteiger partial charge in [-0.15, -0.1) is 0 Å². The number of hydrogen-bond acceptors (Lipinski definition) is 7. The summed E-state index contributed by atoms with van der Waals surface area (Å²) < 4.78 is 39.7. The van der Waals surface area contributed by atoms with E-state index in [2.05, 4.69) is 4.90 Å². The van der Waals surface area contributed by atoms with Gasteiger partial charge in [-0.25, -0.2) is 13.2 Å². The SMILES string of the molecule is Cc1ccc(OCC(=O)OCCCCCCCCCCOc2ccc(N3CCS(=O)(=O)CC3)cc2)cc1. The third-order valence-corrected chi connectivity index (χ3v) is 8.10. The molecule has 2 aromatic rings. The molecular weight excluding hydrogens is 490 g/mol. The van der Waals surface area contributed by atoms with E-state index in [0.717, 1.165) is 49.1 Å². The van der Waals surface area contributed by atoms with Crippen LogP contribution in [0.25, 0.3) is 0 Å².